The van der Waals surface area contributed by atoms with Gasteiger partial charge in [-0.3, -0.25) is 4.79 Å². The van der Waals surface area contributed by atoms with E-state index < -0.39 is 5.60 Å². The van der Waals surface area contributed by atoms with Gasteiger partial charge in [-0.2, -0.15) is 0 Å². The summed E-state index contributed by atoms with van der Waals surface area (Å²) in [5, 5.41) is 2.92. The zero-order valence-electron chi connectivity index (χ0n) is 15.3. The molecule has 1 atom stereocenters. The number of furan rings is 1. The normalized spacial score (nSPS) is 18.4. The third-order valence-corrected chi connectivity index (χ3v) is 4.04. The van der Waals surface area contributed by atoms with Crippen LogP contribution in [0, 0.1) is 13.8 Å². The van der Waals surface area contributed by atoms with Crippen molar-refractivity contribution in [1.82, 2.24) is 10.2 Å². The fraction of sp³-hybridized carbons (Fsp3) is 0.667. The number of hydrogen-bond acceptors (Lipinski definition) is 4. The first kappa shape index (κ1) is 18.4. The third-order valence-electron chi connectivity index (χ3n) is 4.04. The molecular formula is C18H28N2O4. The van der Waals surface area contributed by atoms with Gasteiger partial charge in [0.1, 0.15) is 17.1 Å². The van der Waals surface area contributed by atoms with E-state index in [1.165, 1.54) is 0 Å². The van der Waals surface area contributed by atoms with Gasteiger partial charge in [-0.25, -0.2) is 4.79 Å². The summed E-state index contributed by atoms with van der Waals surface area (Å²) in [7, 11) is 0. The molecule has 2 amide bonds. The van der Waals surface area contributed by atoms with Gasteiger partial charge in [0.25, 0.3) is 5.91 Å². The van der Waals surface area contributed by atoms with Crippen molar-refractivity contribution in [2.75, 3.05) is 13.1 Å². The molecule has 1 saturated heterocycles. The molecular weight excluding hydrogens is 308 g/mol. The molecule has 1 fully saturated rings. The van der Waals surface area contributed by atoms with Crippen LogP contribution in [0.25, 0.3) is 0 Å². The van der Waals surface area contributed by atoms with Gasteiger partial charge < -0.3 is 19.4 Å². The van der Waals surface area contributed by atoms with E-state index >= 15 is 0 Å². The Labute approximate surface area is 143 Å². The fourth-order valence-electron chi connectivity index (χ4n) is 2.94. The van der Waals surface area contributed by atoms with E-state index in [2.05, 4.69) is 5.32 Å². The minimum Gasteiger partial charge on any atom is -0.466 e. The summed E-state index contributed by atoms with van der Waals surface area (Å²) in [5.41, 5.74) is 0.0282. The summed E-state index contributed by atoms with van der Waals surface area (Å²) in [6, 6.07) is 1.70. The van der Waals surface area contributed by atoms with Crippen LogP contribution < -0.4 is 5.32 Å². The first-order valence-corrected chi connectivity index (χ1v) is 8.52. The first-order chi connectivity index (χ1) is 11.2. The first-order valence-electron chi connectivity index (χ1n) is 8.52. The topological polar surface area (TPSA) is 71.8 Å². The van der Waals surface area contributed by atoms with E-state index in [1.54, 1.807) is 17.9 Å². The number of carbonyl (C=O) groups excluding carboxylic acids is 2. The van der Waals surface area contributed by atoms with Crippen molar-refractivity contribution in [3.63, 3.8) is 0 Å². The minimum absolute atomic E-state index is 0.0362. The second-order valence-corrected chi connectivity index (χ2v) is 7.36. The molecule has 6 nitrogen and oxygen atoms in total. The quantitative estimate of drug-likeness (QED) is 0.918. The predicted molar refractivity (Wildman–Crippen MR) is 91.1 cm³/mol. The Balaban J connectivity index is 1.97. The number of ether oxygens (including phenoxy) is 1. The van der Waals surface area contributed by atoms with Crippen molar-refractivity contribution in [3.8, 4) is 0 Å². The second-order valence-electron chi connectivity index (χ2n) is 7.36. The van der Waals surface area contributed by atoms with Gasteiger partial charge in [-0.05, 0) is 59.9 Å². The molecule has 1 unspecified atom stereocenters. The van der Waals surface area contributed by atoms with Crippen LogP contribution in [0.5, 0.6) is 0 Å². The molecule has 1 aromatic rings. The number of aryl methyl sites for hydroxylation is 2. The van der Waals surface area contributed by atoms with E-state index in [0.717, 1.165) is 19.3 Å². The van der Waals surface area contributed by atoms with Gasteiger partial charge >= 0.3 is 6.09 Å². The molecule has 2 rings (SSSR count). The van der Waals surface area contributed by atoms with Crippen LogP contribution in [0.15, 0.2) is 10.5 Å². The summed E-state index contributed by atoms with van der Waals surface area (Å²) in [6.07, 6.45) is 2.56. The summed E-state index contributed by atoms with van der Waals surface area (Å²) in [5.74, 6) is 1.16. The SMILES string of the molecule is Cc1cc(C(=O)NCC2CCCCN2C(=O)OC(C)(C)C)c(C)o1. The van der Waals surface area contributed by atoms with Crippen molar-refractivity contribution >= 4 is 12.0 Å². The Kier molecular flexibility index (Phi) is 5.57. The highest BCUT2D eigenvalue weighted by molar-refractivity contribution is 5.95. The van der Waals surface area contributed by atoms with Gasteiger partial charge in [-0.15, -0.1) is 0 Å². The van der Waals surface area contributed by atoms with Crippen molar-refractivity contribution in [2.24, 2.45) is 0 Å². The average Bonchev–Trinajstić information content (AvgIpc) is 2.82. The third kappa shape index (κ3) is 4.76. The van der Waals surface area contributed by atoms with Crippen molar-refractivity contribution in [2.45, 2.75) is 65.5 Å². The number of carbonyl (C=O) groups is 2. The molecule has 134 valence electrons. The molecule has 0 saturated carbocycles. The average molecular weight is 336 g/mol. The Morgan fingerprint density at radius 2 is 2.04 bits per heavy atom. The molecule has 0 radical (unpaired) electrons. The predicted octanol–water partition coefficient (Wildman–Crippen LogP) is 3.42. The summed E-state index contributed by atoms with van der Waals surface area (Å²) in [6.45, 7) is 10.2. The Morgan fingerprint density at radius 3 is 2.62 bits per heavy atom. The summed E-state index contributed by atoms with van der Waals surface area (Å²) < 4.78 is 10.9. The van der Waals surface area contributed by atoms with Crippen LogP contribution in [-0.4, -0.2) is 41.6 Å². The number of nitrogens with zero attached hydrogens (tertiary/aromatic N) is 1. The van der Waals surface area contributed by atoms with E-state index in [9.17, 15) is 9.59 Å². The number of hydrogen-bond donors (Lipinski definition) is 1. The number of piperidine rings is 1. The van der Waals surface area contributed by atoms with Crippen molar-refractivity contribution in [1.29, 1.82) is 0 Å². The molecule has 2 heterocycles. The van der Waals surface area contributed by atoms with Crippen LogP contribution in [0.1, 0.15) is 61.9 Å². The van der Waals surface area contributed by atoms with Gasteiger partial charge in [-0.1, -0.05) is 0 Å². The lowest BCUT2D eigenvalue weighted by Crippen LogP contribution is -2.50. The van der Waals surface area contributed by atoms with Gasteiger partial charge in [0.15, 0.2) is 0 Å². The zero-order chi connectivity index (χ0) is 17.9. The highest BCUT2D eigenvalue weighted by Gasteiger charge is 2.30. The fourth-order valence-corrected chi connectivity index (χ4v) is 2.94. The van der Waals surface area contributed by atoms with Gasteiger partial charge in [0.2, 0.25) is 0 Å². The van der Waals surface area contributed by atoms with Gasteiger partial charge in [0.05, 0.1) is 11.6 Å². The second kappa shape index (κ2) is 7.28. The monoisotopic (exact) mass is 336 g/mol. The number of amides is 2. The molecule has 1 aliphatic heterocycles. The van der Waals surface area contributed by atoms with Crippen LogP contribution >= 0.6 is 0 Å². The van der Waals surface area contributed by atoms with Gasteiger partial charge in [0, 0.05) is 13.1 Å². The van der Waals surface area contributed by atoms with Crippen LogP contribution in [-0.2, 0) is 4.74 Å². The Morgan fingerprint density at radius 1 is 1.33 bits per heavy atom. The maximum Gasteiger partial charge on any atom is 0.410 e. The molecule has 1 N–H and O–H groups in total. The van der Waals surface area contributed by atoms with Crippen molar-refractivity contribution in [3.05, 3.63) is 23.2 Å². The Hall–Kier alpha value is -1.98. The molecule has 1 aliphatic rings. The van der Waals surface area contributed by atoms with Crippen LogP contribution in [0.2, 0.25) is 0 Å². The van der Waals surface area contributed by atoms with E-state index in [-0.39, 0.29) is 18.0 Å². The van der Waals surface area contributed by atoms with E-state index in [4.69, 9.17) is 9.15 Å². The number of likely N-dealkylation sites (tertiary alicyclic amines) is 1. The maximum absolute atomic E-state index is 12.4. The zero-order valence-corrected chi connectivity index (χ0v) is 15.3. The lowest BCUT2D eigenvalue weighted by atomic mass is 10.0. The standard InChI is InChI=1S/C18H28N2O4/c1-12-10-15(13(2)23-12)16(21)19-11-14-8-6-7-9-20(14)17(22)24-18(3,4)5/h10,14H,6-9,11H2,1-5H3,(H,19,21). The molecule has 1 aromatic heterocycles. The molecule has 0 aromatic carbocycles. The Bertz CT molecular complexity index is 601. The highest BCUT2D eigenvalue weighted by Crippen LogP contribution is 2.20. The lowest BCUT2D eigenvalue weighted by molar-refractivity contribution is 0.00985. The molecule has 24 heavy (non-hydrogen) atoms. The number of nitrogens with one attached hydrogen (secondary N) is 1. The molecule has 6 heteroatoms. The number of rotatable bonds is 3. The molecule has 0 bridgehead atoms. The molecule has 0 aliphatic carbocycles. The summed E-state index contributed by atoms with van der Waals surface area (Å²) in [4.78, 5) is 26.4. The molecule has 0 spiro atoms. The van der Waals surface area contributed by atoms with E-state index in [1.807, 2.05) is 27.7 Å². The summed E-state index contributed by atoms with van der Waals surface area (Å²) >= 11 is 0. The highest BCUT2D eigenvalue weighted by atomic mass is 16.6. The van der Waals surface area contributed by atoms with Crippen LogP contribution in [0.4, 0.5) is 4.79 Å². The maximum atomic E-state index is 12.4. The minimum atomic E-state index is -0.520. The largest absolute Gasteiger partial charge is 0.466 e. The smallest absolute Gasteiger partial charge is 0.410 e. The van der Waals surface area contributed by atoms with E-state index in [0.29, 0.717) is 30.2 Å². The van der Waals surface area contributed by atoms with Crippen molar-refractivity contribution < 1.29 is 18.7 Å². The van der Waals surface area contributed by atoms with Crippen LogP contribution in [0.3, 0.4) is 0 Å². The lowest BCUT2D eigenvalue weighted by Gasteiger charge is -2.36.